The summed E-state index contributed by atoms with van der Waals surface area (Å²) in [6, 6.07) is 5.42. The van der Waals surface area contributed by atoms with Crippen molar-refractivity contribution in [3.63, 3.8) is 0 Å². The third-order valence-corrected chi connectivity index (χ3v) is 2.34. The molecule has 0 bridgehead atoms. The maximum absolute atomic E-state index is 5.99. The lowest BCUT2D eigenvalue weighted by atomic mass is 10.2. The summed E-state index contributed by atoms with van der Waals surface area (Å²) >= 11 is 5.99. The number of rotatable bonds is 7. The number of hydrogen-bond donors (Lipinski definition) is 2. The van der Waals surface area contributed by atoms with Crippen LogP contribution in [0.1, 0.15) is 0 Å². The molecule has 0 amide bonds. The van der Waals surface area contributed by atoms with Crippen molar-refractivity contribution in [2.45, 2.75) is 0 Å². The molecule has 0 aliphatic rings. The maximum atomic E-state index is 5.99. The molecule has 0 saturated heterocycles. The minimum atomic E-state index is 0.591. The molecular formula is C11H17ClN2O2. The molecule has 0 fully saturated rings. The van der Waals surface area contributed by atoms with Crippen LogP contribution in [0.3, 0.4) is 0 Å². The van der Waals surface area contributed by atoms with Crippen LogP contribution in [0, 0.1) is 0 Å². The van der Waals surface area contributed by atoms with E-state index in [0.717, 1.165) is 5.69 Å². The average molecular weight is 245 g/mol. The molecule has 0 heterocycles. The second kappa shape index (κ2) is 7.33. The van der Waals surface area contributed by atoms with Gasteiger partial charge in [-0.1, -0.05) is 17.7 Å². The standard InChI is InChI=1S/C11H17ClN2O2/c1-15-7-8-16-6-5-14-11-9(12)3-2-4-10(11)13/h2-4,14H,5-8,13H2,1H3. The molecule has 0 atom stereocenters. The highest BCUT2D eigenvalue weighted by Gasteiger charge is 2.02. The number of anilines is 2. The van der Waals surface area contributed by atoms with Crippen LogP contribution in [0.25, 0.3) is 0 Å². The Morgan fingerprint density at radius 1 is 1.31 bits per heavy atom. The monoisotopic (exact) mass is 244 g/mol. The molecule has 90 valence electrons. The summed E-state index contributed by atoms with van der Waals surface area (Å²) in [4.78, 5) is 0. The average Bonchev–Trinajstić information content (AvgIpc) is 2.26. The molecule has 0 aliphatic carbocycles. The van der Waals surface area contributed by atoms with Gasteiger partial charge in [0.25, 0.3) is 0 Å². The van der Waals surface area contributed by atoms with E-state index in [-0.39, 0.29) is 0 Å². The molecule has 4 nitrogen and oxygen atoms in total. The summed E-state index contributed by atoms with van der Waals surface area (Å²) in [6.07, 6.45) is 0. The minimum absolute atomic E-state index is 0.591. The summed E-state index contributed by atoms with van der Waals surface area (Å²) in [5.74, 6) is 0. The van der Waals surface area contributed by atoms with E-state index in [0.29, 0.717) is 37.1 Å². The Labute approximate surface area is 101 Å². The first-order valence-electron chi connectivity index (χ1n) is 5.10. The van der Waals surface area contributed by atoms with Gasteiger partial charge in [-0.25, -0.2) is 0 Å². The van der Waals surface area contributed by atoms with Crippen molar-refractivity contribution in [3.05, 3.63) is 23.2 Å². The molecule has 1 aromatic carbocycles. The van der Waals surface area contributed by atoms with Gasteiger partial charge in [0.1, 0.15) is 0 Å². The lowest BCUT2D eigenvalue weighted by molar-refractivity contribution is 0.0759. The highest BCUT2D eigenvalue weighted by atomic mass is 35.5. The van der Waals surface area contributed by atoms with Crippen LogP contribution in [-0.2, 0) is 9.47 Å². The van der Waals surface area contributed by atoms with E-state index in [1.165, 1.54) is 0 Å². The third kappa shape index (κ3) is 4.26. The Morgan fingerprint density at radius 2 is 2.12 bits per heavy atom. The van der Waals surface area contributed by atoms with Crippen LogP contribution in [0.2, 0.25) is 5.02 Å². The van der Waals surface area contributed by atoms with E-state index in [9.17, 15) is 0 Å². The van der Waals surface area contributed by atoms with Crippen LogP contribution in [0.4, 0.5) is 11.4 Å². The van der Waals surface area contributed by atoms with Gasteiger partial charge in [0.05, 0.1) is 36.2 Å². The highest BCUT2D eigenvalue weighted by molar-refractivity contribution is 6.33. The van der Waals surface area contributed by atoms with E-state index >= 15 is 0 Å². The SMILES string of the molecule is COCCOCCNc1c(N)cccc1Cl. The van der Waals surface area contributed by atoms with Crippen LogP contribution in [0.15, 0.2) is 18.2 Å². The first-order chi connectivity index (χ1) is 7.75. The topological polar surface area (TPSA) is 56.5 Å². The fraction of sp³-hybridized carbons (Fsp3) is 0.455. The number of benzene rings is 1. The van der Waals surface area contributed by atoms with Crippen molar-refractivity contribution in [1.82, 2.24) is 0 Å². The lowest BCUT2D eigenvalue weighted by Crippen LogP contribution is -2.13. The van der Waals surface area contributed by atoms with Crippen LogP contribution < -0.4 is 11.1 Å². The van der Waals surface area contributed by atoms with Crippen LogP contribution in [-0.4, -0.2) is 33.5 Å². The Kier molecular flexibility index (Phi) is 6.00. The van der Waals surface area contributed by atoms with Crippen molar-refractivity contribution in [2.75, 3.05) is 44.5 Å². The van der Waals surface area contributed by atoms with Gasteiger partial charge in [-0.2, -0.15) is 0 Å². The summed E-state index contributed by atoms with van der Waals surface area (Å²) in [7, 11) is 1.64. The molecule has 0 unspecified atom stereocenters. The van der Waals surface area contributed by atoms with Gasteiger partial charge in [-0.15, -0.1) is 0 Å². The van der Waals surface area contributed by atoms with E-state index in [2.05, 4.69) is 5.32 Å². The highest BCUT2D eigenvalue weighted by Crippen LogP contribution is 2.27. The van der Waals surface area contributed by atoms with Crippen molar-refractivity contribution in [2.24, 2.45) is 0 Å². The third-order valence-electron chi connectivity index (χ3n) is 2.03. The molecule has 0 saturated carbocycles. The predicted octanol–water partition coefficient (Wildman–Crippen LogP) is 2.00. The number of nitrogen functional groups attached to an aromatic ring is 1. The Hall–Kier alpha value is -0.970. The fourth-order valence-corrected chi connectivity index (χ4v) is 1.47. The Bertz CT molecular complexity index is 301. The van der Waals surface area contributed by atoms with Gasteiger partial charge in [0.2, 0.25) is 0 Å². The maximum Gasteiger partial charge on any atom is 0.0763 e. The molecule has 3 N–H and O–H groups in total. The largest absolute Gasteiger partial charge is 0.397 e. The summed E-state index contributed by atoms with van der Waals surface area (Å²) < 4.78 is 10.2. The number of methoxy groups -OCH3 is 1. The summed E-state index contributed by atoms with van der Waals surface area (Å²) in [6.45, 7) is 2.45. The zero-order valence-corrected chi connectivity index (χ0v) is 10.1. The van der Waals surface area contributed by atoms with Crippen LogP contribution >= 0.6 is 11.6 Å². The Morgan fingerprint density at radius 3 is 2.81 bits per heavy atom. The molecular weight excluding hydrogens is 228 g/mol. The number of halogens is 1. The van der Waals surface area contributed by atoms with Gasteiger partial charge in [-0.3, -0.25) is 0 Å². The van der Waals surface area contributed by atoms with Crippen molar-refractivity contribution in [3.8, 4) is 0 Å². The quantitative estimate of drug-likeness (QED) is 0.569. The smallest absolute Gasteiger partial charge is 0.0763 e. The zero-order valence-electron chi connectivity index (χ0n) is 9.33. The normalized spacial score (nSPS) is 10.4. The zero-order chi connectivity index (χ0) is 11.8. The van der Waals surface area contributed by atoms with E-state index in [1.54, 1.807) is 19.2 Å². The van der Waals surface area contributed by atoms with Gasteiger partial charge in [0, 0.05) is 13.7 Å². The number of nitrogens with two attached hydrogens (primary N) is 1. The first kappa shape index (κ1) is 13.1. The summed E-state index contributed by atoms with van der Waals surface area (Å²) in [5.41, 5.74) is 7.18. The van der Waals surface area contributed by atoms with Crippen molar-refractivity contribution < 1.29 is 9.47 Å². The van der Waals surface area contributed by atoms with Crippen molar-refractivity contribution >= 4 is 23.0 Å². The van der Waals surface area contributed by atoms with Crippen molar-refractivity contribution in [1.29, 1.82) is 0 Å². The molecule has 0 aliphatic heterocycles. The molecule has 0 spiro atoms. The second-order valence-electron chi connectivity index (χ2n) is 3.24. The summed E-state index contributed by atoms with van der Waals surface area (Å²) in [5, 5.41) is 3.76. The van der Waals surface area contributed by atoms with E-state index in [4.69, 9.17) is 26.8 Å². The Balaban J connectivity index is 2.26. The molecule has 0 aromatic heterocycles. The molecule has 16 heavy (non-hydrogen) atoms. The number of ether oxygens (including phenoxy) is 2. The lowest BCUT2D eigenvalue weighted by Gasteiger charge is -2.11. The molecule has 0 radical (unpaired) electrons. The van der Waals surface area contributed by atoms with E-state index < -0.39 is 0 Å². The van der Waals surface area contributed by atoms with Gasteiger partial charge >= 0.3 is 0 Å². The number of nitrogens with one attached hydrogen (secondary N) is 1. The predicted molar refractivity (Wildman–Crippen MR) is 67.0 cm³/mol. The van der Waals surface area contributed by atoms with E-state index in [1.807, 2.05) is 6.07 Å². The minimum Gasteiger partial charge on any atom is -0.397 e. The first-order valence-corrected chi connectivity index (χ1v) is 5.48. The second-order valence-corrected chi connectivity index (χ2v) is 3.64. The molecule has 1 rings (SSSR count). The fourth-order valence-electron chi connectivity index (χ4n) is 1.22. The number of hydrogen-bond acceptors (Lipinski definition) is 4. The van der Waals surface area contributed by atoms with Crippen LogP contribution in [0.5, 0.6) is 0 Å². The molecule has 1 aromatic rings. The van der Waals surface area contributed by atoms with Gasteiger partial charge in [0.15, 0.2) is 0 Å². The number of para-hydroxylation sites is 1. The van der Waals surface area contributed by atoms with Gasteiger partial charge in [-0.05, 0) is 12.1 Å². The molecule has 5 heteroatoms. The van der Waals surface area contributed by atoms with Gasteiger partial charge < -0.3 is 20.5 Å².